The topological polar surface area (TPSA) is 122 Å². The van der Waals surface area contributed by atoms with E-state index >= 15 is 0 Å². The van der Waals surface area contributed by atoms with Crippen molar-refractivity contribution in [3.05, 3.63) is 35.9 Å². The molecule has 3 amide bonds. The van der Waals surface area contributed by atoms with Gasteiger partial charge in [-0.25, -0.2) is 9.59 Å². The summed E-state index contributed by atoms with van der Waals surface area (Å²) in [6.45, 7) is 5.41. The average Bonchev–Trinajstić information content (AvgIpc) is 3.01. The molecule has 1 aliphatic rings. The first-order chi connectivity index (χ1) is 14.0. The number of nitrogens with zero attached hydrogens (tertiary/aromatic N) is 1. The van der Waals surface area contributed by atoms with Gasteiger partial charge in [0.1, 0.15) is 12.2 Å². The summed E-state index contributed by atoms with van der Waals surface area (Å²) in [5.41, 5.74) is -0.918. The first-order valence-corrected chi connectivity index (χ1v) is 9.68. The number of rotatable bonds is 6. The molecule has 0 radical (unpaired) electrons. The van der Waals surface area contributed by atoms with Gasteiger partial charge in [0.25, 0.3) is 0 Å². The lowest BCUT2D eigenvalue weighted by atomic mass is 9.80. The molecule has 0 bridgehead atoms. The smallest absolute Gasteiger partial charge is 0.414 e. The molecule has 2 N–H and O–H groups in total. The number of amides is 3. The third-order valence-corrected chi connectivity index (χ3v) is 4.60. The zero-order chi connectivity index (χ0) is 22.4. The summed E-state index contributed by atoms with van der Waals surface area (Å²) in [5, 5.41) is 11.4. The van der Waals surface area contributed by atoms with Gasteiger partial charge in [-0.1, -0.05) is 30.3 Å². The maximum atomic E-state index is 12.4. The van der Waals surface area contributed by atoms with Crippen LogP contribution in [0.25, 0.3) is 0 Å². The van der Waals surface area contributed by atoms with Crippen molar-refractivity contribution in [3.63, 3.8) is 0 Å². The van der Waals surface area contributed by atoms with Crippen LogP contribution in [0.5, 0.6) is 0 Å². The summed E-state index contributed by atoms with van der Waals surface area (Å²) in [4.78, 5) is 49.3. The van der Waals surface area contributed by atoms with E-state index in [2.05, 4.69) is 5.32 Å². The van der Waals surface area contributed by atoms with Crippen molar-refractivity contribution in [1.29, 1.82) is 0 Å². The van der Waals surface area contributed by atoms with Crippen LogP contribution in [0.1, 0.15) is 45.6 Å². The molecule has 0 saturated carbocycles. The number of carboxylic acid groups (broad SMARTS) is 1. The maximum Gasteiger partial charge on any atom is 0.414 e. The fourth-order valence-electron chi connectivity index (χ4n) is 3.38. The van der Waals surface area contributed by atoms with Gasteiger partial charge >= 0.3 is 18.2 Å². The Balaban J connectivity index is 1.96. The van der Waals surface area contributed by atoms with Crippen molar-refractivity contribution >= 4 is 24.1 Å². The van der Waals surface area contributed by atoms with E-state index in [1.807, 2.05) is 30.3 Å². The standard InChI is InChI=1S/C21H28N2O7/c1-20(2,3)30-18(27)22-16(24)11-21(12-17(25)26)9-10-23(14-21)19(28)29-13-15-7-5-4-6-8-15/h4-8H,9-14H2,1-3H3,(H,25,26)(H,22,24,27). The number of carboxylic acids is 1. The van der Waals surface area contributed by atoms with Gasteiger partial charge in [0.15, 0.2) is 0 Å². The molecule has 0 aromatic heterocycles. The van der Waals surface area contributed by atoms with Crippen molar-refractivity contribution in [2.75, 3.05) is 13.1 Å². The van der Waals surface area contributed by atoms with Crippen LogP contribution in [-0.4, -0.2) is 52.8 Å². The fraction of sp³-hybridized carbons (Fsp3) is 0.524. The van der Waals surface area contributed by atoms with Crippen LogP contribution in [-0.2, 0) is 25.7 Å². The highest BCUT2D eigenvalue weighted by atomic mass is 16.6. The van der Waals surface area contributed by atoms with E-state index in [0.29, 0.717) is 6.42 Å². The molecule has 1 aromatic carbocycles. The van der Waals surface area contributed by atoms with E-state index < -0.39 is 35.1 Å². The second-order valence-electron chi connectivity index (χ2n) is 8.51. The molecule has 2 rings (SSSR count). The number of ether oxygens (including phenoxy) is 2. The molecule has 9 nitrogen and oxygen atoms in total. The van der Waals surface area contributed by atoms with E-state index in [0.717, 1.165) is 5.56 Å². The number of benzene rings is 1. The Labute approximate surface area is 175 Å². The second-order valence-corrected chi connectivity index (χ2v) is 8.51. The van der Waals surface area contributed by atoms with E-state index in [-0.39, 0.29) is 32.5 Å². The van der Waals surface area contributed by atoms with Gasteiger partial charge in [-0.2, -0.15) is 0 Å². The Hall–Kier alpha value is -3.10. The Morgan fingerprint density at radius 1 is 1.13 bits per heavy atom. The molecular formula is C21H28N2O7. The largest absolute Gasteiger partial charge is 0.481 e. The highest BCUT2D eigenvalue weighted by Gasteiger charge is 2.44. The van der Waals surface area contributed by atoms with Crippen molar-refractivity contribution < 1.29 is 33.8 Å². The number of aliphatic carboxylic acids is 1. The van der Waals surface area contributed by atoms with Gasteiger partial charge in [-0.15, -0.1) is 0 Å². The molecule has 1 atom stereocenters. The van der Waals surface area contributed by atoms with Crippen molar-refractivity contribution in [3.8, 4) is 0 Å². The van der Waals surface area contributed by atoms with E-state index in [1.165, 1.54) is 4.90 Å². The van der Waals surface area contributed by atoms with Crippen LogP contribution in [0, 0.1) is 5.41 Å². The number of imide groups is 1. The molecule has 9 heteroatoms. The molecular weight excluding hydrogens is 392 g/mol. The van der Waals surface area contributed by atoms with Gasteiger partial charge < -0.3 is 19.5 Å². The summed E-state index contributed by atoms with van der Waals surface area (Å²) >= 11 is 0. The van der Waals surface area contributed by atoms with Gasteiger partial charge in [-0.05, 0) is 32.8 Å². The quantitative estimate of drug-likeness (QED) is 0.725. The molecule has 0 aliphatic carbocycles. The van der Waals surface area contributed by atoms with E-state index in [4.69, 9.17) is 9.47 Å². The van der Waals surface area contributed by atoms with Gasteiger partial charge in [0, 0.05) is 24.9 Å². The van der Waals surface area contributed by atoms with Crippen LogP contribution in [0.15, 0.2) is 30.3 Å². The molecule has 1 aromatic rings. The molecule has 1 aliphatic heterocycles. The third-order valence-electron chi connectivity index (χ3n) is 4.60. The molecule has 30 heavy (non-hydrogen) atoms. The number of hydrogen-bond acceptors (Lipinski definition) is 6. The lowest BCUT2D eigenvalue weighted by Gasteiger charge is -2.27. The number of carbonyl (C=O) groups excluding carboxylic acids is 3. The minimum atomic E-state index is -1.08. The van der Waals surface area contributed by atoms with Gasteiger partial charge in [-0.3, -0.25) is 14.9 Å². The van der Waals surface area contributed by atoms with Crippen LogP contribution < -0.4 is 5.32 Å². The first-order valence-electron chi connectivity index (χ1n) is 9.68. The summed E-state index contributed by atoms with van der Waals surface area (Å²) < 4.78 is 10.3. The van der Waals surface area contributed by atoms with E-state index in [1.54, 1.807) is 20.8 Å². The van der Waals surface area contributed by atoms with Crippen LogP contribution in [0.4, 0.5) is 9.59 Å². The molecule has 1 unspecified atom stereocenters. The summed E-state index contributed by atoms with van der Waals surface area (Å²) in [6, 6.07) is 9.18. The van der Waals surface area contributed by atoms with Crippen molar-refractivity contribution in [2.24, 2.45) is 5.41 Å². The Bertz CT molecular complexity index is 788. The van der Waals surface area contributed by atoms with Crippen LogP contribution in [0.2, 0.25) is 0 Å². The van der Waals surface area contributed by atoms with Gasteiger partial charge in [0.05, 0.1) is 6.42 Å². The SMILES string of the molecule is CC(C)(C)OC(=O)NC(=O)CC1(CC(=O)O)CCN(C(=O)OCc2ccccc2)C1. The van der Waals surface area contributed by atoms with E-state index in [9.17, 15) is 24.3 Å². The first kappa shape index (κ1) is 23.2. The third kappa shape index (κ3) is 7.38. The van der Waals surface area contributed by atoms with Crippen molar-refractivity contribution in [1.82, 2.24) is 10.2 Å². The predicted molar refractivity (Wildman–Crippen MR) is 106 cm³/mol. The lowest BCUT2D eigenvalue weighted by Crippen LogP contribution is -2.41. The Morgan fingerprint density at radius 2 is 1.80 bits per heavy atom. The molecule has 1 saturated heterocycles. The predicted octanol–water partition coefficient (Wildman–Crippen LogP) is 2.93. The number of carbonyl (C=O) groups is 4. The summed E-state index contributed by atoms with van der Waals surface area (Å²) in [7, 11) is 0. The van der Waals surface area contributed by atoms with Gasteiger partial charge in [0.2, 0.25) is 5.91 Å². The normalized spacial score (nSPS) is 18.6. The highest BCUT2D eigenvalue weighted by molar-refractivity contribution is 5.92. The highest BCUT2D eigenvalue weighted by Crippen LogP contribution is 2.38. The minimum absolute atomic E-state index is 0.0503. The second kappa shape index (κ2) is 9.60. The summed E-state index contributed by atoms with van der Waals surface area (Å²) in [6.07, 6.45) is -1.69. The fourth-order valence-corrected chi connectivity index (χ4v) is 3.38. The summed E-state index contributed by atoms with van der Waals surface area (Å²) in [5.74, 6) is -1.73. The number of nitrogens with one attached hydrogen (secondary N) is 1. The maximum absolute atomic E-state index is 12.4. The molecule has 164 valence electrons. The monoisotopic (exact) mass is 420 g/mol. The molecule has 1 heterocycles. The number of likely N-dealkylation sites (tertiary alicyclic amines) is 1. The van der Waals surface area contributed by atoms with Crippen molar-refractivity contribution in [2.45, 2.75) is 52.2 Å². The Kier molecular flexibility index (Phi) is 7.42. The average molecular weight is 420 g/mol. The van der Waals surface area contributed by atoms with Crippen LogP contribution in [0.3, 0.4) is 0 Å². The molecule has 1 fully saturated rings. The number of hydrogen-bond donors (Lipinski definition) is 2. The zero-order valence-corrected chi connectivity index (χ0v) is 17.5. The zero-order valence-electron chi connectivity index (χ0n) is 17.5. The lowest BCUT2D eigenvalue weighted by molar-refractivity contribution is -0.140. The molecule has 0 spiro atoms. The number of alkyl carbamates (subject to hydrolysis) is 1. The Morgan fingerprint density at radius 3 is 2.40 bits per heavy atom. The van der Waals surface area contributed by atoms with Crippen LogP contribution >= 0.6 is 0 Å². The minimum Gasteiger partial charge on any atom is -0.481 e.